The molecule has 1 N–H and O–H groups in total. The van der Waals surface area contributed by atoms with E-state index in [4.69, 9.17) is 9.47 Å². The molecule has 2 fully saturated rings. The maximum atomic E-state index is 11.3. The second-order valence-corrected chi connectivity index (χ2v) is 5.62. The summed E-state index contributed by atoms with van der Waals surface area (Å²) in [5.74, 6) is 0.706. The molecule has 1 amide bonds. The van der Waals surface area contributed by atoms with Crippen molar-refractivity contribution in [1.29, 1.82) is 0 Å². The molecule has 2 aliphatic heterocycles. The normalized spacial score (nSPS) is 25.8. The minimum absolute atomic E-state index is 0.0293. The monoisotopic (exact) mass is 256 g/mol. The summed E-state index contributed by atoms with van der Waals surface area (Å²) in [7, 11) is 3.50. The fraction of sp³-hybridized carbons (Fsp3) is 0.923. The standard InChI is InChI=1S/C13H24N2O3/c1-15(2)12(16)8-17-5-3-11-4-6-18-13(7-11)9-14-10-13/h11,14H,3-10H2,1-2H3. The van der Waals surface area contributed by atoms with E-state index in [2.05, 4.69) is 5.32 Å². The molecule has 0 radical (unpaired) electrons. The van der Waals surface area contributed by atoms with Crippen LogP contribution in [-0.4, -0.2) is 63.4 Å². The first-order valence-corrected chi connectivity index (χ1v) is 6.74. The van der Waals surface area contributed by atoms with Crippen LogP contribution in [0.2, 0.25) is 0 Å². The van der Waals surface area contributed by atoms with Crippen LogP contribution in [0.3, 0.4) is 0 Å². The molecule has 1 unspecified atom stereocenters. The van der Waals surface area contributed by atoms with Gasteiger partial charge in [-0.05, 0) is 25.2 Å². The summed E-state index contributed by atoms with van der Waals surface area (Å²) in [4.78, 5) is 12.9. The summed E-state index contributed by atoms with van der Waals surface area (Å²) in [5.41, 5.74) is 0.113. The van der Waals surface area contributed by atoms with E-state index in [1.54, 1.807) is 19.0 Å². The number of hydrogen-bond acceptors (Lipinski definition) is 4. The Morgan fingerprint density at radius 2 is 2.28 bits per heavy atom. The fourth-order valence-electron chi connectivity index (χ4n) is 2.56. The average molecular weight is 256 g/mol. The van der Waals surface area contributed by atoms with Crippen molar-refractivity contribution in [3.8, 4) is 0 Å². The number of nitrogens with zero attached hydrogens (tertiary/aromatic N) is 1. The summed E-state index contributed by atoms with van der Waals surface area (Å²) in [6.45, 7) is 3.71. The van der Waals surface area contributed by atoms with Crippen LogP contribution >= 0.6 is 0 Å². The van der Waals surface area contributed by atoms with E-state index >= 15 is 0 Å². The van der Waals surface area contributed by atoms with Crippen LogP contribution in [-0.2, 0) is 14.3 Å². The van der Waals surface area contributed by atoms with Crippen LogP contribution in [0.4, 0.5) is 0 Å². The second kappa shape index (κ2) is 5.99. The Bertz CT molecular complexity index is 290. The molecule has 104 valence electrons. The Morgan fingerprint density at radius 1 is 1.50 bits per heavy atom. The van der Waals surface area contributed by atoms with Gasteiger partial charge >= 0.3 is 0 Å². The van der Waals surface area contributed by atoms with Gasteiger partial charge in [-0.2, -0.15) is 0 Å². The first-order chi connectivity index (χ1) is 8.61. The molecule has 2 heterocycles. The number of hydrogen-bond donors (Lipinski definition) is 1. The Labute approximate surface area is 109 Å². The van der Waals surface area contributed by atoms with Crippen molar-refractivity contribution in [3.05, 3.63) is 0 Å². The molecule has 1 atom stereocenters. The highest BCUT2D eigenvalue weighted by atomic mass is 16.5. The number of nitrogens with one attached hydrogen (secondary N) is 1. The molecule has 0 aromatic rings. The highest BCUT2D eigenvalue weighted by Gasteiger charge is 2.42. The van der Waals surface area contributed by atoms with Crippen LogP contribution < -0.4 is 5.32 Å². The maximum absolute atomic E-state index is 11.3. The lowest BCUT2D eigenvalue weighted by molar-refractivity contribution is -0.136. The Morgan fingerprint density at radius 3 is 2.89 bits per heavy atom. The van der Waals surface area contributed by atoms with Gasteiger partial charge in [-0.1, -0.05) is 0 Å². The SMILES string of the molecule is CN(C)C(=O)COCCC1CCOC2(CNC2)C1. The van der Waals surface area contributed by atoms with E-state index in [0.29, 0.717) is 12.5 Å². The van der Waals surface area contributed by atoms with Crippen LogP contribution in [0.1, 0.15) is 19.3 Å². The molecule has 1 spiro atoms. The zero-order chi connectivity index (χ0) is 13.0. The van der Waals surface area contributed by atoms with E-state index in [9.17, 15) is 4.79 Å². The van der Waals surface area contributed by atoms with E-state index in [1.807, 2.05) is 0 Å². The average Bonchev–Trinajstić information content (AvgIpc) is 2.32. The van der Waals surface area contributed by atoms with Crippen molar-refractivity contribution < 1.29 is 14.3 Å². The van der Waals surface area contributed by atoms with Crippen LogP contribution in [0.5, 0.6) is 0 Å². The van der Waals surface area contributed by atoms with E-state index in [0.717, 1.165) is 39.0 Å². The first kappa shape index (κ1) is 13.8. The third-order valence-corrected chi connectivity index (χ3v) is 3.88. The number of likely N-dealkylation sites (N-methyl/N-ethyl adjacent to an activating group) is 1. The fourth-order valence-corrected chi connectivity index (χ4v) is 2.56. The highest BCUT2D eigenvalue weighted by Crippen LogP contribution is 2.33. The van der Waals surface area contributed by atoms with Gasteiger partial charge in [-0.3, -0.25) is 4.79 Å². The van der Waals surface area contributed by atoms with Gasteiger partial charge in [0.25, 0.3) is 0 Å². The third-order valence-electron chi connectivity index (χ3n) is 3.88. The van der Waals surface area contributed by atoms with Gasteiger partial charge in [0.15, 0.2) is 0 Å². The minimum atomic E-state index is 0.0293. The minimum Gasteiger partial charge on any atom is -0.372 e. The zero-order valence-corrected chi connectivity index (χ0v) is 11.4. The zero-order valence-electron chi connectivity index (χ0n) is 11.4. The predicted molar refractivity (Wildman–Crippen MR) is 68.4 cm³/mol. The van der Waals surface area contributed by atoms with Gasteiger partial charge in [0.1, 0.15) is 6.61 Å². The smallest absolute Gasteiger partial charge is 0.248 e. The Kier molecular flexibility index (Phi) is 4.59. The first-order valence-electron chi connectivity index (χ1n) is 6.74. The summed E-state index contributed by atoms with van der Waals surface area (Å²) in [6.07, 6.45) is 3.28. The van der Waals surface area contributed by atoms with Crippen molar-refractivity contribution in [2.75, 3.05) is 47.0 Å². The maximum Gasteiger partial charge on any atom is 0.248 e. The van der Waals surface area contributed by atoms with Crippen LogP contribution in [0.15, 0.2) is 0 Å². The van der Waals surface area contributed by atoms with Crippen LogP contribution in [0.25, 0.3) is 0 Å². The molecule has 0 aromatic carbocycles. The topological polar surface area (TPSA) is 50.8 Å². The van der Waals surface area contributed by atoms with Crippen molar-refractivity contribution in [2.24, 2.45) is 5.92 Å². The molecule has 2 saturated heterocycles. The molecule has 2 rings (SSSR count). The van der Waals surface area contributed by atoms with Gasteiger partial charge in [-0.15, -0.1) is 0 Å². The molecule has 2 aliphatic rings. The molecule has 0 bridgehead atoms. The third kappa shape index (κ3) is 3.43. The predicted octanol–water partition coefficient (Wildman–Crippen LogP) is 0.250. The van der Waals surface area contributed by atoms with Crippen LogP contribution in [0, 0.1) is 5.92 Å². The molecule has 5 nitrogen and oxygen atoms in total. The van der Waals surface area contributed by atoms with Crippen molar-refractivity contribution >= 4 is 5.91 Å². The molecule has 0 aromatic heterocycles. The quantitative estimate of drug-likeness (QED) is 0.716. The summed E-state index contributed by atoms with van der Waals surface area (Å²) in [5, 5.41) is 3.28. The number of carbonyl (C=O) groups is 1. The Balaban J connectivity index is 1.60. The number of amides is 1. The number of rotatable bonds is 5. The number of carbonyl (C=O) groups excluding carboxylic acids is 1. The molecular formula is C13H24N2O3. The lowest BCUT2D eigenvalue weighted by Gasteiger charge is -2.47. The summed E-state index contributed by atoms with van der Waals surface area (Å²) in [6, 6.07) is 0. The van der Waals surface area contributed by atoms with Gasteiger partial charge in [0.2, 0.25) is 5.91 Å². The highest BCUT2D eigenvalue weighted by molar-refractivity contribution is 5.76. The molecule has 18 heavy (non-hydrogen) atoms. The Hall–Kier alpha value is -0.650. The van der Waals surface area contributed by atoms with Gasteiger partial charge in [-0.25, -0.2) is 0 Å². The van der Waals surface area contributed by atoms with Gasteiger partial charge < -0.3 is 19.7 Å². The molecule has 5 heteroatoms. The van der Waals surface area contributed by atoms with Gasteiger partial charge in [0, 0.05) is 40.4 Å². The lowest BCUT2D eigenvalue weighted by Crippen LogP contribution is -2.63. The largest absolute Gasteiger partial charge is 0.372 e. The van der Waals surface area contributed by atoms with Crippen molar-refractivity contribution in [3.63, 3.8) is 0 Å². The number of ether oxygens (including phenoxy) is 2. The summed E-state index contributed by atoms with van der Waals surface area (Å²) >= 11 is 0. The van der Waals surface area contributed by atoms with E-state index in [-0.39, 0.29) is 18.1 Å². The lowest BCUT2D eigenvalue weighted by atomic mass is 9.80. The summed E-state index contributed by atoms with van der Waals surface area (Å²) < 4.78 is 11.3. The van der Waals surface area contributed by atoms with Crippen molar-refractivity contribution in [1.82, 2.24) is 10.2 Å². The van der Waals surface area contributed by atoms with Crippen molar-refractivity contribution in [2.45, 2.75) is 24.9 Å². The van der Waals surface area contributed by atoms with Gasteiger partial charge in [0.05, 0.1) is 5.60 Å². The van der Waals surface area contributed by atoms with E-state index in [1.165, 1.54) is 0 Å². The van der Waals surface area contributed by atoms with E-state index < -0.39 is 0 Å². The second-order valence-electron chi connectivity index (χ2n) is 5.62. The molecule has 0 saturated carbocycles. The molecule has 0 aliphatic carbocycles. The molecular weight excluding hydrogens is 232 g/mol.